The first kappa shape index (κ1) is 31.1. The van der Waals surface area contributed by atoms with E-state index >= 15 is 0 Å². The zero-order valence-corrected chi connectivity index (χ0v) is 26.0. The summed E-state index contributed by atoms with van der Waals surface area (Å²) in [6.07, 6.45) is -2.30. The first-order valence-corrected chi connectivity index (χ1v) is 15.1. The van der Waals surface area contributed by atoms with E-state index in [1.54, 1.807) is 16.8 Å². The molecule has 0 atom stereocenters. The summed E-state index contributed by atoms with van der Waals surface area (Å²) >= 11 is 0. The van der Waals surface area contributed by atoms with Gasteiger partial charge in [0.1, 0.15) is 11.6 Å². The van der Waals surface area contributed by atoms with Gasteiger partial charge in [-0.25, -0.2) is 9.48 Å². The number of aromatic nitrogens is 5. The van der Waals surface area contributed by atoms with E-state index in [1.165, 1.54) is 4.90 Å². The molecule has 2 aliphatic rings. The van der Waals surface area contributed by atoms with Crippen LogP contribution in [0.2, 0.25) is 0 Å². The lowest BCUT2D eigenvalue weighted by Gasteiger charge is -2.28. The Kier molecular flexibility index (Phi) is 7.99. The molecule has 2 N–H and O–H groups in total. The van der Waals surface area contributed by atoms with Crippen molar-refractivity contribution in [3.63, 3.8) is 0 Å². The van der Waals surface area contributed by atoms with Crippen LogP contribution in [0.15, 0.2) is 42.5 Å². The van der Waals surface area contributed by atoms with E-state index in [2.05, 4.69) is 41.6 Å². The van der Waals surface area contributed by atoms with Crippen LogP contribution in [0, 0.1) is 6.92 Å². The minimum atomic E-state index is -4.61. The van der Waals surface area contributed by atoms with Gasteiger partial charge in [-0.2, -0.15) is 18.3 Å². The number of rotatable bonds is 6. The fourth-order valence-corrected chi connectivity index (χ4v) is 5.73. The normalized spacial score (nSPS) is 14.5. The molecule has 1 aliphatic heterocycles. The van der Waals surface area contributed by atoms with Gasteiger partial charge in [0, 0.05) is 30.3 Å². The Balaban J connectivity index is 1.13. The molecular formula is C32H35F3N8O3. The van der Waals surface area contributed by atoms with Crippen molar-refractivity contribution in [1.82, 2.24) is 29.4 Å². The fourth-order valence-electron chi connectivity index (χ4n) is 5.73. The largest absolute Gasteiger partial charge is 0.483 e. The Labute approximate surface area is 263 Å². The number of ether oxygens (including phenoxy) is 1. The predicted octanol–water partition coefficient (Wildman–Crippen LogP) is 5.64. The molecule has 0 spiro atoms. The molecule has 0 saturated heterocycles. The topological polar surface area (TPSA) is 119 Å². The number of fused-ring (bicyclic) bond motifs is 2. The van der Waals surface area contributed by atoms with Crippen molar-refractivity contribution < 1.29 is 27.5 Å². The van der Waals surface area contributed by atoms with Crippen LogP contribution in [-0.4, -0.2) is 54.5 Å². The van der Waals surface area contributed by atoms with E-state index in [0.717, 1.165) is 51.9 Å². The van der Waals surface area contributed by atoms with E-state index in [-0.39, 0.29) is 43.4 Å². The third-order valence-electron chi connectivity index (χ3n) is 8.20. The molecular weight excluding hydrogens is 601 g/mol. The zero-order chi connectivity index (χ0) is 32.8. The lowest BCUT2D eigenvalue weighted by atomic mass is 9.92. The Hall–Kier alpha value is -4.88. The number of carbonyl (C=O) groups excluding carboxylic acids is 2. The van der Waals surface area contributed by atoms with Crippen molar-refractivity contribution >= 4 is 23.4 Å². The SMILES string of the molecule is Cc1ccc(-n2nc(C(C)(C)C)cc2NC(=O)Nc2ccc(OCC(=O)N3CCn4c(nnc4C(F)(F)F)C3)c3c2CCC3)cc1. The van der Waals surface area contributed by atoms with Crippen LogP contribution in [0.4, 0.5) is 29.5 Å². The van der Waals surface area contributed by atoms with E-state index in [4.69, 9.17) is 9.84 Å². The molecule has 0 fully saturated rings. The highest BCUT2D eigenvalue weighted by Crippen LogP contribution is 2.36. The molecule has 2 aromatic carbocycles. The van der Waals surface area contributed by atoms with E-state index in [0.29, 0.717) is 17.3 Å². The average Bonchev–Trinajstić information content (AvgIpc) is 3.75. The summed E-state index contributed by atoms with van der Waals surface area (Å²) in [5.41, 5.74) is 5.04. The van der Waals surface area contributed by atoms with Crippen molar-refractivity contribution in [1.29, 1.82) is 0 Å². The molecule has 11 nitrogen and oxygen atoms in total. The lowest BCUT2D eigenvalue weighted by molar-refractivity contribution is -0.148. The van der Waals surface area contributed by atoms with Gasteiger partial charge in [-0.3, -0.25) is 10.1 Å². The maximum absolute atomic E-state index is 13.3. The summed E-state index contributed by atoms with van der Waals surface area (Å²) in [6, 6.07) is 12.8. The predicted molar refractivity (Wildman–Crippen MR) is 164 cm³/mol. The second kappa shape index (κ2) is 11.8. The monoisotopic (exact) mass is 636 g/mol. The Morgan fingerprint density at radius 1 is 0.957 bits per heavy atom. The number of amides is 3. The number of hydrogen-bond acceptors (Lipinski definition) is 6. The summed E-state index contributed by atoms with van der Waals surface area (Å²) in [7, 11) is 0. The number of benzene rings is 2. The highest BCUT2D eigenvalue weighted by molar-refractivity contribution is 6.00. The van der Waals surface area contributed by atoms with Crippen molar-refractivity contribution in [2.24, 2.45) is 0 Å². The minimum Gasteiger partial charge on any atom is -0.483 e. The number of aryl methyl sites for hydroxylation is 1. The molecule has 3 amide bonds. The van der Waals surface area contributed by atoms with Gasteiger partial charge in [0.15, 0.2) is 12.4 Å². The third-order valence-corrected chi connectivity index (χ3v) is 8.20. The molecule has 6 rings (SSSR count). The molecule has 4 aromatic rings. The van der Waals surface area contributed by atoms with Crippen LogP contribution >= 0.6 is 0 Å². The Bertz CT molecular complexity index is 1790. The standard InChI is InChI=1S/C32H35F3N8O3/c1-19-8-10-20(11-9-19)43-26(16-25(40-43)31(2,3)4)37-30(45)36-23-12-13-24(22-7-5-6-21(22)23)46-18-28(44)41-14-15-42-27(17-41)38-39-29(42)32(33,34)35/h8-13,16H,5-7,14-15,17-18H2,1-4H3,(H2,36,37,45). The first-order valence-electron chi connectivity index (χ1n) is 15.1. The van der Waals surface area contributed by atoms with Crippen LogP contribution in [-0.2, 0) is 42.3 Å². The molecule has 0 radical (unpaired) electrons. The van der Waals surface area contributed by atoms with Crippen LogP contribution in [0.25, 0.3) is 5.69 Å². The Morgan fingerprint density at radius 2 is 1.70 bits per heavy atom. The van der Waals surface area contributed by atoms with Gasteiger partial charge in [-0.1, -0.05) is 38.5 Å². The van der Waals surface area contributed by atoms with E-state index < -0.39 is 18.0 Å². The first-order chi connectivity index (χ1) is 21.8. The van der Waals surface area contributed by atoms with Gasteiger partial charge in [0.25, 0.3) is 5.91 Å². The molecule has 14 heteroatoms. The van der Waals surface area contributed by atoms with E-state index in [1.807, 2.05) is 37.3 Å². The van der Waals surface area contributed by atoms with Gasteiger partial charge in [0.2, 0.25) is 5.82 Å². The van der Waals surface area contributed by atoms with Crippen LogP contribution < -0.4 is 15.4 Å². The molecule has 0 bridgehead atoms. The van der Waals surface area contributed by atoms with Gasteiger partial charge >= 0.3 is 12.2 Å². The maximum Gasteiger partial charge on any atom is 0.451 e. The lowest BCUT2D eigenvalue weighted by Crippen LogP contribution is -2.41. The number of alkyl halides is 3. The summed E-state index contributed by atoms with van der Waals surface area (Å²) in [4.78, 5) is 27.6. The summed E-state index contributed by atoms with van der Waals surface area (Å²) in [5, 5.41) is 17.6. The number of nitrogens with one attached hydrogen (secondary N) is 2. The number of hydrogen-bond donors (Lipinski definition) is 2. The molecule has 3 heterocycles. The van der Waals surface area contributed by atoms with Gasteiger partial charge in [-0.05, 0) is 61.6 Å². The number of anilines is 2. The van der Waals surface area contributed by atoms with Crippen molar-refractivity contribution in [3.05, 3.63) is 76.5 Å². The fraction of sp³-hybridized carbons (Fsp3) is 0.406. The summed E-state index contributed by atoms with van der Waals surface area (Å²) in [6.45, 7) is 7.87. The van der Waals surface area contributed by atoms with E-state index in [9.17, 15) is 22.8 Å². The van der Waals surface area contributed by atoms with Gasteiger partial charge in [0.05, 0.1) is 17.9 Å². The average molecular weight is 637 g/mol. The van der Waals surface area contributed by atoms with Crippen LogP contribution in [0.5, 0.6) is 5.75 Å². The number of urea groups is 1. The second-order valence-electron chi connectivity index (χ2n) is 12.6. The molecule has 2 aromatic heterocycles. The number of halogens is 3. The smallest absolute Gasteiger partial charge is 0.451 e. The highest BCUT2D eigenvalue weighted by Gasteiger charge is 2.40. The maximum atomic E-state index is 13.3. The highest BCUT2D eigenvalue weighted by atomic mass is 19.4. The van der Waals surface area contributed by atoms with Gasteiger partial charge in [-0.15, -0.1) is 10.2 Å². The Morgan fingerprint density at radius 3 is 2.41 bits per heavy atom. The van der Waals surface area contributed by atoms with Crippen molar-refractivity contribution in [3.8, 4) is 11.4 Å². The molecule has 1 aliphatic carbocycles. The summed E-state index contributed by atoms with van der Waals surface area (Å²) < 4.78 is 48.1. The van der Waals surface area contributed by atoms with Crippen molar-refractivity contribution in [2.45, 2.75) is 71.6 Å². The quantitative estimate of drug-likeness (QED) is 0.283. The number of nitrogens with zero attached hydrogens (tertiary/aromatic N) is 6. The second-order valence-corrected chi connectivity index (χ2v) is 12.6. The van der Waals surface area contributed by atoms with Gasteiger partial charge < -0.3 is 19.5 Å². The molecule has 46 heavy (non-hydrogen) atoms. The molecule has 0 saturated carbocycles. The van der Waals surface area contributed by atoms with Crippen LogP contribution in [0.3, 0.4) is 0 Å². The van der Waals surface area contributed by atoms with Crippen molar-refractivity contribution in [2.75, 3.05) is 23.8 Å². The molecule has 0 unspecified atom stereocenters. The summed E-state index contributed by atoms with van der Waals surface area (Å²) in [5.74, 6) is -0.269. The molecule has 242 valence electrons. The van der Waals surface area contributed by atoms with Crippen LogP contribution in [0.1, 0.15) is 61.2 Å². The third kappa shape index (κ3) is 6.28. The number of carbonyl (C=O) groups is 2. The minimum absolute atomic E-state index is 0.0515. The zero-order valence-electron chi connectivity index (χ0n) is 26.0.